The highest BCUT2D eigenvalue weighted by Gasteiger charge is 2.17. The molecule has 0 fully saturated rings. The Bertz CT molecular complexity index is 1630. The molecule has 0 amide bonds. The van der Waals surface area contributed by atoms with Gasteiger partial charge in [0, 0.05) is 23.8 Å². The topological polar surface area (TPSA) is 82.4 Å². The van der Waals surface area contributed by atoms with Gasteiger partial charge in [0.05, 0.1) is 10.9 Å². The number of fused-ring (bicyclic) bond motifs is 4. The monoisotopic (exact) mass is 460 g/mol. The van der Waals surface area contributed by atoms with Gasteiger partial charge in [-0.25, -0.2) is 4.79 Å². The minimum Gasteiger partial charge on any atom is -0.423 e. The molecule has 33 heavy (non-hydrogen) atoms. The molecule has 0 saturated carbocycles. The third-order valence-corrected chi connectivity index (χ3v) is 6.99. The van der Waals surface area contributed by atoms with E-state index in [1.807, 2.05) is 48.6 Å². The van der Waals surface area contributed by atoms with E-state index in [1.54, 1.807) is 10.6 Å². The Hall–Kier alpha value is -3.39. The van der Waals surface area contributed by atoms with E-state index < -0.39 is 0 Å². The Morgan fingerprint density at radius 3 is 2.61 bits per heavy atom. The van der Waals surface area contributed by atoms with Crippen molar-refractivity contribution in [1.82, 2.24) is 19.2 Å². The van der Waals surface area contributed by atoms with Gasteiger partial charge in [0.2, 0.25) is 5.78 Å². The molecular formula is C25H24N4O3S. The molecule has 5 rings (SSSR count). The van der Waals surface area contributed by atoms with Gasteiger partial charge in [0.25, 0.3) is 5.56 Å². The molecule has 0 aliphatic heterocycles. The zero-order valence-corrected chi connectivity index (χ0v) is 19.6. The molecule has 0 atom stereocenters. The number of hydrogen-bond acceptors (Lipinski definition) is 6. The summed E-state index contributed by atoms with van der Waals surface area (Å²) in [6.07, 6.45) is 1.86. The molecule has 5 aromatic rings. The summed E-state index contributed by atoms with van der Waals surface area (Å²) in [4.78, 5) is 25.3. The third-order valence-electron chi connectivity index (χ3n) is 6.01. The van der Waals surface area contributed by atoms with Crippen LogP contribution < -0.4 is 11.2 Å². The van der Waals surface area contributed by atoms with Crippen LogP contribution >= 0.6 is 11.8 Å². The van der Waals surface area contributed by atoms with Crippen LogP contribution in [0, 0.1) is 13.8 Å². The van der Waals surface area contributed by atoms with Gasteiger partial charge in [-0.2, -0.15) is 0 Å². The number of rotatable bonds is 6. The lowest BCUT2D eigenvalue weighted by Crippen LogP contribution is -2.23. The van der Waals surface area contributed by atoms with E-state index >= 15 is 0 Å². The van der Waals surface area contributed by atoms with Gasteiger partial charge in [0.15, 0.2) is 5.16 Å². The fourth-order valence-electron chi connectivity index (χ4n) is 4.09. The van der Waals surface area contributed by atoms with Crippen molar-refractivity contribution in [3.8, 4) is 0 Å². The van der Waals surface area contributed by atoms with Crippen molar-refractivity contribution < 1.29 is 4.42 Å². The smallest absolute Gasteiger partial charge is 0.336 e. The van der Waals surface area contributed by atoms with Gasteiger partial charge >= 0.3 is 5.63 Å². The Morgan fingerprint density at radius 2 is 1.79 bits per heavy atom. The number of nitrogens with zero attached hydrogens (tertiary/aromatic N) is 4. The molecule has 168 valence electrons. The molecule has 2 aromatic carbocycles. The number of para-hydroxylation sites is 1. The van der Waals surface area contributed by atoms with Gasteiger partial charge in [-0.05, 0) is 61.2 Å². The number of aromatic nitrogens is 4. The molecule has 7 nitrogen and oxygen atoms in total. The SMILES string of the molecule is CCCCn1c(=O)c2ccccc2n2c(SCc3cc(=O)oc4cc(C)c(C)cc34)nnc12. The Labute approximate surface area is 194 Å². The summed E-state index contributed by atoms with van der Waals surface area (Å²) in [5.41, 5.74) is 4.05. The highest BCUT2D eigenvalue weighted by atomic mass is 32.2. The van der Waals surface area contributed by atoms with Crippen molar-refractivity contribution in [2.45, 2.75) is 51.1 Å². The number of aryl methyl sites for hydroxylation is 3. The van der Waals surface area contributed by atoms with Gasteiger partial charge in [-0.15, -0.1) is 10.2 Å². The standard InChI is InChI=1S/C25H24N4O3S/c1-4-5-10-28-23(31)18-8-6-7-9-20(18)29-24(28)26-27-25(29)33-14-17-13-22(30)32-21-12-16(3)15(2)11-19(17)21/h6-9,11-13H,4-5,10,14H2,1-3H3. The van der Waals surface area contributed by atoms with Crippen molar-refractivity contribution in [3.05, 3.63) is 79.9 Å². The minimum atomic E-state index is -0.369. The third kappa shape index (κ3) is 3.74. The quantitative estimate of drug-likeness (QED) is 0.266. The van der Waals surface area contributed by atoms with Crippen LogP contribution in [0.15, 0.2) is 61.6 Å². The highest BCUT2D eigenvalue weighted by molar-refractivity contribution is 7.98. The van der Waals surface area contributed by atoms with E-state index in [9.17, 15) is 9.59 Å². The Morgan fingerprint density at radius 1 is 1.00 bits per heavy atom. The van der Waals surface area contributed by atoms with Crippen LogP contribution in [0.1, 0.15) is 36.5 Å². The first-order valence-electron chi connectivity index (χ1n) is 11.0. The zero-order chi connectivity index (χ0) is 23.1. The summed E-state index contributed by atoms with van der Waals surface area (Å²) < 4.78 is 9.09. The van der Waals surface area contributed by atoms with E-state index in [2.05, 4.69) is 23.2 Å². The van der Waals surface area contributed by atoms with Crippen molar-refractivity contribution in [2.75, 3.05) is 0 Å². The minimum absolute atomic E-state index is 0.0481. The molecule has 0 radical (unpaired) electrons. The largest absolute Gasteiger partial charge is 0.423 e. The average Bonchev–Trinajstić information content (AvgIpc) is 3.22. The van der Waals surface area contributed by atoms with Crippen LogP contribution in [0.25, 0.3) is 27.6 Å². The molecule has 3 aromatic heterocycles. The van der Waals surface area contributed by atoms with E-state index in [-0.39, 0.29) is 11.2 Å². The summed E-state index contributed by atoms with van der Waals surface area (Å²) in [6, 6.07) is 13.1. The van der Waals surface area contributed by atoms with Crippen LogP contribution in [0.4, 0.5) is 0 Å². The van der Waals surface area contributed by atoms with Crippen molar-refractivity contribution >= 4 is 39.4 Å². The van der Waals surface area contributed by atoms with Gasteiger partial charge in [-0.3, -0.25) is 13.8 Å². The molecule has 0 saturated heterocycles. The molecule has 3 heterocycles. The van der Waals surface area contributed by atoms with Crippen molar-refractivity contribution in [1.29, 1.82) is 0 Å². The number of benzene rings is 2. The Balaban J connectivity index is 1.63. The van der Waals surface area contributed by atoms with E-state index in [1.165, 1.54) is 11.8 Å². The molecule has 0 aliphatic rings. The molecule has 0 N–H and O–H groups in total. The number of hydrogen-bond donors (Lipinski definition) is 0. The second kappa shape index (κ2) is 8.51. The second-order valence-corrected chi connectivity index (χ2v) is 9.20. The summed E-state index contributed by atoms with van der Waals surface area (Å²) in [5.74, 6) is 1.06. The molecular weight excluding hydrogens is 436 g/mol. The van der Waals surface area contributed by atoms with E-state index in [0.29, 0.717) is 34.2 Å². The molecule has 0 bridgehead atoms. The fraction of sp³-hybridized carbons (Fsp3) is 0.280. The maximum Gasteiger partial charge on any atom is 0.336 e. The first kappa shape index (κ1) is 21.5. The molecule has 0 spiro atoms. The maximum atomic E-state index is 13.1. The van der Waals surface area contributed by atoms with Crippen LogP contribution in [0.2, 0.25) is 0 Å². The van der Waals surface area contributed by atoms with Crippen molar-refractivity contribution in [3.63, 3.8) is 0 Å². The highest BCUT2D eigenvalue weighted by Crippen LogP contribution is 2.29. The number of thioether (sulfide) groups is 1. The van der Waals surface area contributed by atoms with Gasteiger partial charge < -0.3 is 4.42 Å². The summed E-state index contributed by atoms with van der Waals surface area (Å²) >= 11 is 1.49. The molecule has 8 heteroatoms. The van der Waals surface area contributed by atoms with Crippen LogP contribution in [-0.2, 0) is 12.3 Å². The number of unbranched alkanes of at least 4 members (excludes halogenated alkanes) is 1. The molecule has 0 aliphatic carbocycles. The summed E-state index contributed by atoms with van der Waals surface area (Å²) in [7, 11) is 0. The summed E-state index contributed by atoms with van der Waals surface area (Å²) in [5, 5.41) is 11.0. The Kier molecular flexibility index (Phi) is 5.54. The van der Waals surface area contributed by atoms with Crippen LogP contribution in [0.3, 0.4) is 0 Å². The van der Waals surface area contributed by atoms with Crippen LogP contribution in [-0.4, -0.2) is 19.2 Å². The van der Waals surface area contributed by atoms with E-state index in [0.717, 1.165) is 40.4 Å². The van der Waals surface area contributed by atoms with Crippen molar-refractivity contribution in [2.24, 2.45) is 0 Å². The predicted molar refractivity (Wildman–Crippen MR) is 131 cm³/mol. The lowest BCUT2D eigenvalue weighted by atomic mass is 10.0. The molecule has 0 unspecified atom stereocenters. The first-order valence-corrected chi connectivity index (χ1v) is 12.0. The van der Waals surface area contributed by atoms with Gasteiger partial charge in [0.1, 0.15) is 5.58 Å². The van der Waals surface area contributed by atoms with Gasteiger partial charge in [-0.1, -0.05) is 37.2 Å². The fourth-order valence-corrected chi connectivity index (χ4v) is 5.02. The lowest BCUT2D eigenvalue weighted by molar-refractivity contribution is 0.559. The lowest BCUT2D eigenvalue weighted by Gasteiger charge is -2.11. The summed E-state index contributed by atoms with van der Waals surface area (Å²) in [6.45, 7) is 6.74. The first-order chi connectivity index (χ1) is 16.0. The zero-order valence-electron chi connectivity index (χ0n) is 18.8. The second-order valence-electron chi connectivity index (χ2n) is 8.26. The average molecular weight is 461 g/mol. The predicted octanol–water partition coefficient (Wildman–Crippen LogP) is 4.86. The van der Waals surface area contributed by atoms with Crippen LogP contribution in [0.5, 0.6) is 0 Å². The maximum absolute atomic E-state index is 13.1. The normalized spacial score (nSPS) is 11.7. The van der Waals surface area contributed by atoms with E-state index in [4.69, 9.17) is 4.42 Å².